The molecule has 15 heavy (non-hydrogen) atoms. The van der Waals surface area contributed by atoms with Crippen molar-refractivity contribution in [3.05, 3.63) is 41.6 Å². The monoisotopic (exact) mass is 201 g/mol. The van der Waals surface area contributed by atoms with E-state index < -0.39 is 0 Å². The van der Waals surface area contributed by atoms with Crippen LogP contribution in [-0.2, 0) is 6.42 Å². The molecule has 1 atom stereocenters. The first kappa shape index (κ1) is 8.47. The molecule has 76 valence electrons. The molecule has 0 radical (unpaired) electrons. The van der Waals surface area contributed by atoms with Crippen molar-refractivity contribution in [2.24, 2.45) is 0 Å². The maximum absolute atomic E-state index is 5.60. The van der Waals surface area contributed by atoms with Crippen molar-refractivity contribution >= 4 is 5.82 Å². The summed E-state index contributed by atoms with van der Waals surface area (Å²) in [7, 11) is 0. The van der Waals surface area contributed by atoms with Crippen LogP contribution in [0, 0.1) is 0 Å². The zero-order valence-electron chi connectivity index (χ0n) is 8.35. The second-order valence-electron chi connectivity index (χ2n) is 3.93. The average molecular weight is 201 g/mol. The lowest BCUT2D eigenvalue weighted by atomic mass is 10.1. The van der Waals surface area contributed by atoms with Crippen molar-refractivity contribution < 1.29 is 4.68 Å². The number of benzene rings is 1. The Morgan fingerprint density at radius 3 is 3.07 bits per heavy atom. The minimum atomic E-state index is 0.367. The maximum Gasteiger partial charge on any atom is 0.305 e. The van der Waals surface area contributed by atoms with Gasteiger partial charge in [-0.25, -0.2) is 0 Å². The number of H-pyrrole nitrogens is 1. The Bertz CT molecular complexity index is 489. The van der Waals surface area contributed by atoms with Gasteiger partial charge in [0.15, 0.2) is 6.20 Å². The summed E-state index contributed by atoms with van der Waals surface area (Å²) in [6.45, 7) is 0. The van der Waals surface area contributed by atoms with Crippen LogP contribution >= 0.6 is 0 Å². The van der Waals surface area contributed by atoms with Gasteiger partial charge in [-0.1, -0.05) is 29.5 Å². The minimum absolute atomic E-state index is 0.367. The molecule has 3 N–H and O–H groups in total. The summed E-state index contributed by atoms with van der Waals surface area (Å²) in [5, 5.41) is 6.88. The largest absolute Gasteiger partial charge is 0.358 e. The smallest absolute Gasteiger partial charge is 0.305 e. The van der Waals surface area contributed by atoms with Gasteiger partial charge in [-0.15, -0.1) is 0 Å². The van der Waals surface area contributed by atoms with Crippen LogP contribution in [0.1, 0.15) is 23.6 Å². The molecule has 0 fully saturated rings. The van der Waals surface area contributed by atoms with Crippen LogP contribution in [-0.4, -0.2) is 10.3 Å². The number of rotatable bonds is 1. The topological polar surface area (TPSA) is 58.6 Å². The maximum atomic E-state index is 5.60. The van der Waals surface area contributed by atoms with E-state index in [0.29, 0.717) is 11.9 Å². The Hall–Kier alpha value is -1.84. The lowest BCUT2D eigenvalue weighted by Crippen LogP contribution is -2.40. The third kappa shape index (κ3) is 1.29. The summed E-state index contributed by atoms with van der Waals surface area (Å²) in [6, 6.07) is 8.91. The molecule has 4 heteroatoms. The molecule has 1 aromatic carbocycles. The van der Waals surface area contributed by atoms with Crippen LogP contribution in [0.5, 0.6) is 0 Å². The van der Waals surface area contributed by atoms with Gasteiger partial charge >= 0.3 is 5.82 Å². The summed E-state index contributed by atoms with van der Waals surface area (Å²) in [5.41, 5.74) is 8.42. The van der Waals surface area contributed by atoms with E-state index in [2.05, 4.69) is 34.6 Å². The molecule has 1 unspecified atom stereocenters. The Kier molecular flexibility index (Phi) is 1.74. The van der Waals surface area contributed by atoms with Crippen molar-refractivity contribution in [2.75, 3.05) is 5.73 Å². The predicted molar refractivity (Wildman–Crippen MR) is 56.1 cm³/mol. The molecule has 0 bridgehead atoms. The predicted octanol–water partition coefficient (Wildman–Crippen LogP) is 0.815. The highest BCUT2D eigenvalue weighted by molar-refractivity contribution is 5.33. The quantitative estimate of drug-likeness (QED) is 0.671. The molecule has 4 nitrogen and oxygen atoms in total. The molecule has 0 spiro atoms. The number of nitrogen functional groups attached to an aromatic ring is 1. The second-order valence-corrected chi connectivity index (χ2v) is 3.93. The number of fused-ring (bicyclic) bond motifs is 1. The van der Waals surface area contributed by atoms with Gasteiger partial charge in [-0.2, -0.15) is 4.68 Å². The highest BCUT2D eigenvalue weighted by Gasteiger charge is 2.28. The van der Waals surface area contributed by atoms with Gasteiger partial charge in [0, 0.05) is 5.56 Å². The van der Waals surface area contributed by atoms with Crippen LogP contribution in [0.4, 0.5) is 5.82 Å². The molecule has 2 aromatic rings. The van der Waals surface area contributed by atoms with Crippen molar-refractivity contribution in [1.29, 1.82) is 0 Å². The molecule has 0 saturated heterocycles. The van der Waals surface area contributed by atoms with Gasteiger partial charge in [-0.05, 0) is 18.4 Å². The van der Waals surface area contributed by atoms with E-state index in [0.717, 1.165) is 12.8 Å². The van der Waals surface area contributed by atoms with E-state index in [4.69, 9.17) is 5.73 Å². The summed E-state index contributed by atoms with van der Waals surface area (Å²) in [4.78, 5) is 0. The van der Waals surface area contributed by atoms with Crippen molar-refractivity contribution in [2.45, 2.75) is 18.9 Å². The fourth-order valence-electron chi connectivity index (χ4n) is 2.30. The second kappa shape index (κ2) is 3.08. The van der Waals surface area contributed by atoms with Crippen LogP contribution in [0.3, 0.4) is 0 Å². The van der Waals surface area contributed by atoms with E-state index in [1.807, 2.05) is 10.9 Å². The molecule has 0 amide bonds. The zero-order valence-corrected chi connectivity index (χ0v) is 8.35. The van der Waals surface area contributed by atoms with Gasteiger partial charge in [0.05, 0.1) is 5.10 Å². The summed E-state index contributed by atoms with van der Waals surface area (Å²) >= 11 is 0. The number of nitrogens with one attached hydrogen (secondary N) is 1. The van der Waals surface area contributed by atoms with E-state index in [-0.39, 0.29) is 0 Å². The number of nitrogens with two attached hydrogens (primary N) is 1. The molecule has 1 aliphatic rings. The van der Waals surface area contributed by atoms with E-state index in [1.165, 1.54) is 11.1 Å². The number of aromatic nitrogens is 3. The molecule has 1 aromatic heterocycles. The standard InChI is InChI=1S/C11H12N4/c12-11-7-15(14-13-11)10-6-5-8-3-1-2-4-9(8)10/h1-4,7,10H,5-6,12H2/p+1. The van der Waals surface area contributed by atoms with E-state index in [1.54, 1.807) is 0 Å². The molecule has 1 heterocycles. The van der Waals surface area contributed by atoms with Crippen molar-refractivity contribution in [1.82, 2.24) is 10.3 Å². The number of aryl methyl sites for hydroxylation is 1. The highest BCUT2D eigenvalue weighted by Crippen LogP contribution is 2.29. The lowest BCUT2D eigenvalue weighted by molar-refractivity contribution is -0.768. The first-order chi connectivity index (χ1) is 7.34. The highest BCUT2D eigenvalue weighted by atomic mass is 15.4. The fourth-order valence-corrected chi connectivity index (χ4v) is 2.30. The van der Waals surface area contributed by atoms with Gasteiger partial charge < -0.3 is 5.73 Å². The number of hydrogen-bond donors (Lipinski definition) is 2. The molecule has 0 aliphatic heterocycles. The molecular formula is C11H13N4+. The fraction of sp³-hybridized carbons (Fsp3) is 0.273. The minimum Gasteiger partial charge on any atom is -0.358 e. The summed E-state index contributed by atoms with van der Waals surface area (Å²) in [6.07, 6.45) is 4.10. The van der Waals surface area contributed by atoms with Crippen LogP contribution < -0.4 is 10.4 Å². The Balaban J connectivity index is 2.04. The van der Waals surface area contributed by atoms with Crippen LogP contribution in [0.15, 0.2) is 30.5 Å². The Morgan fingerprint density at radius 1 is 1.40 bits per heavy atom. The van der Waals surface area contributed by atoms with Crippen LogP contribution in [0.25, 0.3) is 0 Å². The number of anilines is 1. The molecule has 0 saturated carbocycles. The summed E-state index contributed by atoms with van der Waals surface area (Å²) < 4.78 is 1.99. The SMILES string of the molecule is Nc1c[n+](C2CCc3ccccc32)[nH]n1. The van der Waals surface area contributed by atoms with Crippen molar-refractivity contribution in [3.63, 3.8) is 0 Å². The zero-order chi connectivity index (χ0) is 10.3. The van der Waals surface area contributed by atoms with E-state index in [9.17, 15) is 0 Å². The Labute approximate surface area is 87.7 Å². The van der Waals surface area contributed by atoms with E-state index >= 15 is 0 Å². The third-order valence-corrected chi connectivity index (χ3v) is 3.00. The number of nitrogens with zero attached hydrogens (tertiary/aromatic N) is 2. The van der Waals surface area contributed by atoms with Gasteiger partial charge in [0.25, 0.3) is 0 Å². The number of aromatic amines is 1. The molecular weight excluding hydrogens is 188 g/mol. The normalized spacial score (nSPS) is 19.1. The van der Waals surface area contributed by atoms with Gasteiger partial charge in [0.1, 0.15) is 6.04 Å². The summed E-state index contributed by atoms with van der Waals surface area (Å²) in [5.74, 6) is 0.541. The average Bonchev–Trinajstić information content (AvgIpc) is 2.83. The molecule has 3 rings (SSSR count). The van der Waals surface area contributed by atoms with Crippen LogP contribution in [0.2, 0.25) is 0 Å². The first-order valence-corrected chi connectivity index (χ1v) is 5.14. The van der Waals surface area contributed by atoms with Crippen molar-refractivity contribution in [3.8, 4) is 0 Å². The lowest BCUT2D eigenvalue weighted by Gasteiger charge is -2.05. The van der Waals surface area contributed by atoms with Gasteiger partial charge in [-0.3, -0.25) is 0 Å². The first-order valence-electron chi connectivity index (χ1n) is 5.14. The van der Waals surface area contributed by atoms with Gasteiger partial charge in [0.2, 0.25) is 0 Å². The Morgan fingerprint density at radius 2 is 2.27 bits per heavy atom. The molecule has 1 aliphatic carbocycles. The third-order valence-electron chi connectivity index (χ3n) is 3.00. The number of hydrogen-bond acceptors (Lipinski definition) is 2.